The molecule has 18 heavy (non-hydrogen) atoms. The molecule has 0 spiro atoms. The molecule has 1 heterocycles. The molecule has 0 aliphatic rings. The number of carbonyl (C=O) groups excluding carboxylic acids is 1. The zero-order chi connectivity index (χ0) is 13.1. The third kappa shape index (κ3) is 1.93. The fourth-order valence-corrected chi connectivity index (χ4v) is 2.18. The van der Waals surface area contributed by atoms with Gasteiger partial charge in [-0.1, -0.05) is 18.2 Å². The van der Waals surface area contributed by atoms with E-state index in [-0.39, 0.29) is 0 Å². The molecular formula is C15H14N2O. The van der Waals surface area contributed by atoms with Crippen molar-refractivity contribution >= 4 is 6.29 Å². The SMILES string of the molecule is Cc1ccc(C)n1-c1ccccc1C(C#N)C=O. The summed E-state index contributed by atoms with van der Waals surface area (Å²) < 4.78 is 2.06. The molecular weight excluding hydrogens is 224 g/mol. The molecule has 3 nitrogen and oxygen atoms in total. The average molecular weight is 238 g/mol. The molecule has 0 amide bonds. The van der Waals surface area contributed by atoms with Crippen molar-refractivity contribution in [3.05, 3.63) is 53.3 Å². The van der Waals surface area contributed by atoms with Gasteiger partial charge in [0.15, 0.2) is 0 Å². The second kappa shape index (κ2) is 4.89. The van der Waals surface area contributed by atoms with Crippen molar-refractivity contribution < 1.29 is 4.79 Å². The van der Waals surface area contributed by atoms with Crippen molar-refractivity contribution in [3.8, 4) is 11.8 Å². The minimum Gasteiger partial charge on any atom is -0.318 e. The van der Waals surface area contributed by atoms with Crippen LogP contribution in [0.4, 0.5) is 0 Å². The van der Waals surface area contributed by atoms with Crippen molar-refractivity contribution in [3.63, 3.8) is 0 Å². The van der Waals surface area contributed by atoms with Gasteiger partial charge in [0.2, 0.25) is 0 Å². The number of nitrogens with zero attached hydrogens (tertiary/aromatic N) is 2. The molecule has 1 atom stereocenters. The Morgan fingerprint density at radius 2 is 1.78 bits per heavy atom. The summed E-state index contributed by atoms with van der Waals surface area (Å²) in [6.07, 6.45) is 0.688. The highest BCUT2D eigenvalue weighted by atomic mass is 16.1. The van der Waals surface area contributed by atoms with E-state index in [1.165, 1.54) is 0 Å². The van der Waals surface area contributed by atoms with Crippen LogP contribution in [0, 0.1) is 25.2 Å². The molecule has 0 bridgehead atoms. The Bertz CT molecular complexity index is 600. The topological polar surface area (TPSA) is 45.8 Å². The molecule has 90 valence electrons. The first-order valence-corrected chi connectivity index (χ1v) is 5.78. The minimum absolute atomic E-state index is 0.688. The van der Waals surface area contributed by atoms with Crippen LogP contribution in [0.25, 0.3) is 5.69 Å². The number of benzene rings is 1. The van der Waals surface area contributed by atoms with Crippen LogP contribution in [0.2, 0.25) is 0 Å². The summed E-state index contributed by atoms with van der Waals surface area (Å²) in [5, 5.41) is 9.05. The molecule has 0 fully saturated rings. The maximum atomic E-state index is 11.0. The van der Waals surface area contributed by atoms with Gasteiger partial charge in [-0.2, -0.15) is 5.26 Å². The Labute approximate surface area is 106 Å². The van der Waals surface area contributed by atoms with Crippen LogP contribution in [-0.4, -0.2) is 10.9 Å². The van der Waals surface area contributed by atoms with E-state index in [4.69, 9.17) is 5.26 Å². The summed E-state index contributed by atoms with van der Waals surface area (Å²) in [7, 11) is 0. The molecule has 1 aromatic heterocycles. The van der Waals surface area contributed by atoms with Crippen LogP contribution in [0.5, 0.6) is 0 Å². The largest absolute Gasteiger partial charge is 0.318 e. The highest BCUT2D eigenvalue weighted by molar-refractivity contribution is 5.69. The smallest absolute Gasteiger partial charge is 0.141 e. The monoisotopic (exact) mass is 238 g/mol. The number of aldehydes is 1. The van der Waals surface area contributed by atoms with Crippen LogP contribution >= 0.6 is 0 Å². The third-order valence-electron chi connectivity index (χ3n) is 3.06. The lowest BCUT2D eigenvalue weighted by Crippen LogP contribution is -2.07. The van der Waals surface area contributed by atoms with E-state index in [0.717, 1.165) is 22.6 Å². The molecule has 0 radical (unpaired) electrons. The van der Waals surface area contributed by atoms with Crippen LogP contribution in [0.3, 0.4) is 0 Å². The van der Waals surface area contributed by atoms with Gasteiger partial charge in [0.25, 0.3) is 0 Å². The first-order valence-electron chi connectivity index (χ1n) is 5.78. The second-order valence-electron chi connectivity index (χ2n) is 4.25. The summed E-state index contributed by atoms with van der Waals surface area (Å²) in [6, 6.07) is 13.6. The Balaban J connectivity index is 2.66. The Morgan fingerprint density at radius 1 is 1.17 bits per heavy atom. The van der Waals surface area contributed by atoms with E-state index >= 15 is 0 Å². The molecule has 0 saturated heterocycles. The van der Waals surface area contributed by atoms with Gasteiger partial charge in [0, 0.05) is 17.0 Å². The van der Waals surface area contributed by atoms with Crippen molar-refractivity contribution in [2.75, 3.05) is 0 Å². The lowest BCUT2D eigenvalue weighted by Gasteiger charge is -2.15. The predicted octanol–water partition coefficient (Wildman–Crippen LogP) is 2.90. The van der Waals surface area contributed by atoms with Gasteiger partial charge >= 0.3 is 0 Å². The second-order valence-corrected chi connectivity index (χ2v) is 4.25. The number of para-hydroxylation sites is 1. The van der Waals surface area contributed by atoms with E-state index in [1.807, 2.05) is 56.3 Å². The fraction of sp³-hybridized carbons (Fsp3) is 0.200. The van der Waals surface area contributed by atoms with Crippen molar-refractivity contribution in [2.45, 2.75) is 19.8 Å². The van der Waals surface area contributed by atoms with E-state index in [9.17, 15) is 4.79 Å². The number of hydrogen-bond donors (Lipinski definition) is 0. The molecule has 1 aromatic carbocycles. The average Bonchev–Trinajstić information content (AvgIpc) is 2.71. The standard InChI is InChI=1S/C15H14N2O/c1-11-7-8-12(2)17(11)15-6-4-3-5-14(15)13(9-16)10-18/h3-8,10,13H,1-2H3. The predicted molar refractivity (Wildman–Crippen MR) is 69.7 cm³/mol. The first kappa shape index (κ1) is 12.1. The summed E-state index contributed by atoms with van der Waals surface area (Å²) in [4.78, 5) is 11.0. The zero-order valence-corrected chi connectivity index (χ0v) is 10.4. The number of carbonyl (C=O) groups is 1. The van der Waals surface area contributed by atoms with Crippen LogP contribution in [-0.2, 0) is 4.79 Å². The van der Waals surface area contributed by atoms with Gasteiger partial charge in [-0.05, 0) is 32.0 Å². The van der Waals surface area contributed by atoms with E-state index < -0.39 is 5.92 Å². The zero-order valence-electron chi connectivity index (χ0n) is 10.4. The first-order chi connectivity index (χ1) is 8.69. The van der Waals surface area contributed by atoms with E-state index in [0.29, 0.717) is 6.29 Å². The van der Waals surface area contributed by atoms with Crippen molar-refractivity contribution in [2.24, 2.45) is 0 Å². The summed E-state index contributed by atoms with van der Waals surface area (Å²) in [6.45, 7) is 4.01. The third-order valence-corrected chi connectivity index (χ3v) is 3.06. The molecule has 0 aliphatic carbocycles. The maximum Gasteiger partial charge on any atom is 0.141 e. The molecule has 0 N–H and O–H groups in total. The molecule has 0 saturated carbocycles. The van der Waals surface area contributed by atoms with Gasteiger partial charge in [-0.15, -0.1) is 0 Å². The Kier molecular flexibility index (Phi) is 3.29. The normalized spacial score (nSPS) is 11.8. The summed E-state index contributed by atoms with van der Waals surface area (Å²) in [5.74, 6) is -0.720. The van der Waals surface area contributed by atoms with Gasteiger partial charge in [-0.3, -0.25) is 0 Å². The highest BCUT2D eigenvalue weighted by Gasteiger charge is 2.16. The quantitative estimate of drug-likeness (QED) is 0.772. The number of aromatic nitrogens is 1. The van der Waals surface area contributed by atoms with Gasteiger partial charge in [-0.25, -0.2) is 0 Å². The van der Waals surface area contributed by atoms with E-state index in [2.05, 4.69) is 4.57 Å². The maximum absolute atomic E-state index is 11.0. The van der Waals surface area contributed by atoms with Gasteiger partial charge in [0.1, 0.15) is 12.2 Å². The summed E-state index contributed by atoms with van der Waals surface area (Å²) in [5.41, 5.74) is 3.82. The number of aryl methyl sites for hydroxylation is 2. The van der Waals surface area contributed by atoms with Crippen molar-refractivity contribution in [1.29, 1.82) is 5.26 Å². The molecule has 2 rings (SSSR count). The van der Waals surface area contributed by atoms with Crippen LogP contribution in [0.15, 0.2) is 36.4 Å². The van der Waals surface area contributed by atoms with Crippen LogP contribution in [0.1, 0.15) is 22.9 Å². The number of hydrogen-bond acceptors (Lipinski definition) is 2. The molecule has 3 heteroatoms. The summed E-state index contributed by atoms with van der Waals surface area (Å²) >= 11 is 0. The number of rotatable bonds is 3. The molecule has 0 aliphatic heterocycles. The highest BCUT2D eigenvalue weighted by Crippen LogP contribution is 2.25. The Morgan fingerprint density at radius 3 is 2.33 bits per heavy atom. The fourth-order valence-electron chi connectivity index (χ4n) is 2.18. The van der Waals surface area contributed by atoms with E-state index in [1.54, 1.807) is 0 Å². The van der Waals surface area contributed by atoms with Crippen LogP contribution < -0.4 is 0 Å². The molecule has 1 unspecified atom stereocenters. The van der Waals surface area contributed by atoms with Gasteiger partial charge in [0.05, 0.1) is 11.8 Å². The van der Waals surface area contributed by atoms with Crippen molar-refractivity contribution in [1.82, 2.24) is 4.57 Å². The lowest BCUT2D eigenvalue weighted by atomic mass is 10.00. The number of nitriles is 1. The lowest BCUT2D eigenvalue weighted by molar-refractivity contribution is -0.108. The Hall–Kier alpha value is -2.34. The minimum atomic E-state index is -0.720. The van der Waals surface area contributed by atoms with Gasteiger partial charge < -0.3 is 9.36 Å². The molecule has 2 aromatic rings.